The molecule has 0 saturated carbocycles. The van der Waals surface area contributed by atoms with Crippen LogP contribution in [-0.2, 0) is 20.0 Å². The molecule has 4 nitrogen and oxygen atoms in total. The number of hydrogen-bond donors (Lipinski definition) is 1. The molecular weight excluding hydrogens is 220 g/mol. The van der Waals surface area contributed by atoms with Crippen molar-refractivity contribution < 1.29 is 0 Å². The van der Waals surface area contributed by atoms with Crippen LogP contribution in [0.1, 0.15) is 15.6 Å². The molecule has 2 aromatic rings. The van der Waals surface area contributed by atoms with Gasteiger partial charge in [0.2, 0.25) is 0 Å². The summed E-state index contributed by atoms with van der Waals surface area (Å²) in [7, 11) is 1.97. The van der Waals surface area contributed by atoms with Crippen molar-refractivity contribution in [1.29, 1.82) is 0 Å². The maximum absolute atomic E-state index is 4.22. The van der Waals surface area contributed by atoms with E-state index in [0.717, 1.165) is 24.5 Å². The van der Waals surface area contributed by atoms with E-state index in [1.807, 2.05) is 31.0 Å². The van der Waals surface area contributed by atoms with Gasteiger partial charge < -0.3 is 5.32 Å². The van der Waals surface area contributed by atoms with Crippen molar-refractivity contribution in [2.75, 3.05) is 6.54 Å². The molecule has 0 atom stereocenters. The van der Waals surface area contributed by atoms with Crippen LogP contribution in [0.5, 0.6) is 0 Å². The number of aromatic nitrogens is 3. The number of hydrogen-bond acceptors (Lipinski definition) is 4. The molecule has 0 bridgehead atoms. The average Bonchev–Trinajstić information content (AvgIpc) is 2.83. The summed E-state index contributed by atoms with van der Waals surface area (Å²) in [5.74, 6) is 0. The molecule has 0 saturated heterocycles. The van der Waals surface area contributed by atoms with Gasteiger partial charge in [-0.3, -0.25) is 4.68 Å². The first-order chi connectivity index (χ1) is 7.75. The van der Waals surface area contributed by atoms with Crippen molar-refractivity contribution in [3.05, 3.63) is 34.0 Å². The van der Waals surface area contributed by atoms with Gasteiger partial charge in [-0.1, -0.05) is 0 Å². The lowest BCUT2D eigenvalue weighted by atomic mass is 10.3. The number of nitrogens with zero attached hydrogens (tertiary/aromatic N) is 3. The molecule has 86 valence electrons. The van der Waals surface area contributed by atoms with Crippen LogP contribution in [0.25, 0.3) is 0 Å². The highest BCUT2D eigenvalue weighted by atomic mass is 32.1. The minimum Gasteiger partial charge on any atom is -0.311 e. The minimum absolute atomic E-state index is 0.906. The van der Waals surface area contributed by atoms with E-state index in [1.165, 1.54) is 10.6 Å². The summed E-state index contributed by atoms with van der Waals surface area (Å²) in [6.45, 7) is 3.91. The van der Waals surface area contributed by atoms with E-state index < -0.39 is 0 Å². The Morgan fingerprint density at radius 3 is 3.00 bits per heavy atom. The molecule has 0 aliphatic rings. The monoisotopic (exact) mass is 236 g/mol. The van der Waals surface area contributed by atoms with E-state index in [0.29, 0.717) is 0 Å². The van der Waals surface area contributed by atoms with Gasteiger partial charge in [-0.15, -0.1) is 11.3 Å². The van der Waals surface area contributed by atoms with Crippen LogP contribution in [0, 0.1) is 6.92 Å². The highest BCUT2D eigenvalue weighted by Gasteiger charge is 1.99. The third kappa shape index (κ3) is 2.90. The first-order valence-corrected chi connectivity index (χ1v) is 6.16. The van der Waals surface area contributed by atoms with E-state index in [9.17, 15) is 0 Å². The molecule has 5 heteroatoms. The second-order valence-electron chi connectivity index (χ2n) is 3.72. The maximum atomic E-state index is 4.22. The molecule has 2 aromatic heterocycles. The molecule has 0 spiro atoms. The number of aryl methyl sites for hydroxylation is 2. The first kappa shape index (κ1) is 11.3. The second kappa shape index (κ2) is 5.23. The Morgan fingerprint density at radius 2 is 2.38 bits per heavy atom. The molecule has 0 unspecified atom stereocenters. The quantitative estimate of drug-likeness (QED) is 0.800. The van der Waals surface area contributed by atoms with Crippen molar-refractivity contribution in [3.8, 4) is 0 Å². The Bertz CT molecular complexity index is 446. The Labute approximate surface area is 99.3 Å². The van der Waals surface area contributed by atoms with Crippen LogP contribution < -0.4 is 5.32 Å². The zero-order chi connectivity index (χ0) is 11.4. The van der Waals surface area contributed by atoms with E-state index in [1.54, 1.807) is 11.3 Å². The maximum Gasteiger partial charge on any atom is 0.0897 e. The Balaban J connectivity index is 1.71. The van der Waals surface area contributed by atoms with Crippen LogP contribution in [0.2, 0.25) is 0 Å². The molecular formula is C11H16N4S. The van der Waals surface area contributed by atoms with Crippen LogP contribution in [0.15, 0.2) is 18.5 Å². The third-order valence-corrected chi connectivity index (χ3v) is 3.36. The summed E-state index contributed by atoms with van der Waals surface area (Å²) in [6, 6.07) is 2.05. The SMILES string of the molecule is Cc1ncc(CNCCc2ccnn2C)s1. The van der Waals surface area contributed by atoms with Crippen molar-refractivity contribution >= 4 is 11.3 Å². The van der Waals surface area contributed by atoms with Gasteiger partial charge in [-0.25, -0.2) is 4.98 Å². The Morgan fingerprint density at radius 1 is 1.50 bits per heavy atom. The molecule has 0 fully saturated rings. The molecule has 16 heavy (non-hydrogen) atoms. The van der Waals surface area contributed by atoms with Crippen LogP contribution >= 0.6 is 11.3 Å². The largest absolute Gasteiger partial charge is 0.311 e. The molecule has 0 aromatic carbocycles. The summed E-state index contributed by atoms with van der Waals surface area (Å²) in [5, 5.41) is 8.68. The number of thiazole rings is 1. The van der Waals surface area contributed by atoms with Gasteiger partial charge in [0.1, 0.15) is 0 Å². The van der Waals surface area contributed by atoms with Crippen LogP contribution in [0.4, 0.5) is 0 Å². The summed E-state index contributed by atoms with van der Waals surface area (Å²) < 4.78 is 1.92. The zero-order valence-electron chi connectivity index (χ0n) is 9.60. The van der Waals surface area contributed by atoms with E-state index in [4.69, 9.17) is 0 Å². The van der Waals surface area contributed by atoms with Gasteiger partial charge in [0.05, 0.1) is 5.01 Å². The first-order valence-electron chi connectivity index (χ1n) is 5.34. The molecule has 0 amide bonds. The van der Waals surface area contributed by atoms with E-state index >= 15 is 0 Å². The molecule has 1 N–H and O–H groups in total. The lowest BCUT2D eigenvalue weighted by molar-refractivity contribution is 0.646. The predicted octanol–water partition coefficient (Wildman–Crippen LogP) is 1.52. The summed E-state index contributed by atoms with van der Waals surface area (Å²) in [6.07, 6.45) is 4.78. The average molecular weight is 236 g/mol. The zero-order valence-corrected chi connectivity index (χ0v) is 10.4. The van der Waals surface area contributed by atoms with Crippen molar-refractivity contribution in [2.24, 2.45) is 7.05 Å². The lowest BCUT2D eigenvalue weighted by Crippen LogP contribution is -2.17. The molecule has 0 aliphatic heterocycles. The Hall–Kier alpha value is -1.20. The third-order valence-electron chi connectivity index (χ3n) is 2.45. The van der Waals surface area contributed by atoms with E-state index in [2.05, 4.69) is 21.5 Å². The van der Waals surface area contributed by atoms with E-state index in [-0.39, 0.29) is 0 Å². The standard InChI is InChI=1S/C11H16N4S/c1-9-13-8-11(16-9)7-12-5-3-10-4-6-14-15(10)2/h4,6,8,12H,3,5,7H2,1-2H3. The Kier molecular flexibility index (Phi) is 3.69. The van der Waals surface area contributed by atoms with Gasteiger partial charge in [0.15, 0.2) is 0 Å². The van der Waals surface area contributed by atoms with Crippen LogP contribution in [-0.4, -0.2) is 21.3 Å². The summed E-state index contributed by atoms with van der Waals surface area (Å²) in [4.78, 5) is 5.52. The van der Waals surface area contributed by atoms with Crippen molar-refractivity contribution in [3.63, 3.8) is 0 Å². The number of rotatable bonds is 5. The van der Waals surface area contributed by atoms with Gasteiger partial charge >= 0.3 is 0 Å². The fourth-order valence-corrected chi connectivity index (χ4v) is 2.33. The fourth-order valence-electron chi connectivity index (χ4n) is 1.56. The molecule has 0 aliphatic carbocycles. The molecule has 0 radical (unpaired) electrons. The van der Waals surface area contributed by atoms with Gasteiger partial charge in [0, 0.05) is 49.5 Å². The highest BCUT2D eigenvalue weighted by molar-refractivity contribution is 7.11. The van der Waals surface area contributed by atoms with Crippen LogP contribution in [0.3, 0.4) is 0 Å². The topological polar surface area (TPSA) is 42.7 Å². The van der Waals surface area contributed by atoms with Crippen molar-refractivity contribution in [1.82, 2.24) is 20.1 Å². The molecule has 2 rings (SSSR count). The normalized spacial score (nSPS) is 10.9. The van der Waals surface area contributed by atoms with Gasteiger partial charge in [0.25, 0.3) is 0 Å². The minimum atomic E-state index is 0.906. The smallest absolute Gasteiger partial charge is 0.0897 e. The fraction of sp³-hybridized carbons (Fsp3) is 0.455. The summed E-state index contributed by atoms with van der Waals surface area (Å²) in [5.41, 5.74) is 1.26. The lowest BCUT2D eigenvalue weighted by Gasteiger charge is -2.03. The summed E-state index contributed by atoms with van der Waals surface area (Å²) >= 11 is 1.75. The second-order valence-corrected chi connectivity index (χ2v) is 5.04. The predicted molar refractivity (Wildman–Crippen MR) is 65.5 cm³/mol. The van der Waals surface area contributed by atoms with Gasteiger partial charge in [-0.05, 0) is 13.0 Å². The highest BCUT2D eigenvalue weighted by Crippen LogP contribution is 2.10. The molecule has 2 heterocycles. The number of nitrogens with one attached hydrogen (secondary N) is 1. The van der Waals surface area contributed by atoms with Gasteiger partial charge in [-0.2, -0.15) is 5.10 Å². The van der Waals surface area contributed by atoms with Crippen molar-refractivity contribution in [2.45, 2.75) is 19.9 Å².